The van der Waals surface area contributed by atoms with Crippen molar-refractivity contribution in [3.05, 3.63) is 23.8 Å². The summed E-state index contributed by atoms with van der Waals surface area (Å²) in [7, 11) is -3.17. The first-order valence-corrected chi connectivity index (χ1v) is 9.35. The third-order valence-corrected chi connectivity index (χ3v) is 5.17. The Morgan fingerprint density at radius 3 is 2.67 bits per heavy atom. The second kappa shape index (κ2) is 6.36. The summed E-state index contributed by atoms with van der Waals surface area (Å²) in [5.74, 6) is 0.498. The van der Waals surface area contributed by atoms with Crippen LogP contribution in [0.4, 0.5) is 5.69 Å². The highest BCUT2D eigenvalue weighted by Crippen LogP contribution is 2.26. The van der Waals surface area contributed by atoms with E-state index in [4.69, 9.17) is 4.74 Å². The van der Waals surface area contributed by atoms with E-state index < -0.39 is 9.84 Å². The molecule has 1 aliphatic heterocycles. The third kappa shape index (κ3) is 4.20. The third-order valence-electron chi connectivity index (χ3n) is 4.06. The molecule has 4 nitrogen and oxygen atoms in total. The molecule has 5 heteroatoms. The van der Waals surface area contributed by atoms with Crippen molar-refractivity contribution in [2.45, 2.75) is 50.7 Å². The van der Waals surface area contributed by atoms with Gasteiger partial charge in [0.2, 0.25) is 0 Å². The standard InChI is InChI=1S/C16H25NO3S/c1-11(2)16-9-13(7-8-20-16)17-15-10-14(21(4,18)19)6-5-12(15)3/h5-6,10-11,13,16-17H,7-9H2,1-4H3. The highest BCUT2D eigenvalue weighted by molar-refractivity contribution is 7.90. The molecule has 1 aliphatic rings. The van der Waals surface area contributed by atoms with Crippen molar-refractivity contribution in [3.63, 3.8) is 0 Å². The highest BCUT2D eigenvalue weighted by Gasteiger charge is 2.25. The molecule has 0 bridgehead atoms. The zero-order valence-electron chi connectivity index (χ0n) is 13.2. The number of ether oxygens (including phenoxy) is 1. The molecule has 1 saturated heterocycles. The average Bonchev–Trinajstić information content (AvgIpc) is 2.40. The summed E-state index contributed by atoms with van der Waals surface area (Å²) < 4.78 is 29.1. The van der Waals surface area contributed by atoms with E-state index in [0.29, 0.717) is 16.9 Å². The lowest BCUT2D eigenvalue weighted by molar-refractivity contribution is -0.0160. The molecular weight excluding hydrogens is 286 g/mol. The molecule has 1 heterocycles. The van der Waals surface area contributed by atoms with E-state index in [1.807, 2.05) is 13.0 Å². The van der Waals surface area contributed by atoms with Gasteiger partial charge in [-0.2, -0.15) is 0 Å². The van der Waals surface area contributed by atoms with Gasteiger partial charge in [0, 0.05) is 24.6 Å². The van der Waals surface area contributed by atoms with Crippen molar-refractivity contribution in [2.75, 3.05) is 18.2 Å². The molecule has 0 saturated carbocycles. The molecule has 2 rings (SSSR count). The van der Waals surface area contributed by atoms with Gasteiger partial charge in [-0.25, -0.2) is 8.42 Å². The van der Waals surface area contributed by atoms with Crippen molar-refractivity contribution < 1.29 is 13.2 Å². The first-order valence-electron chi connectivity index (χ1n) is 7.46. The van der Waals surface area contributed by atoms with E-state index in [9.17, 15) is 8.42 Å². The van der Waals surface area contributed by atoms with Crippen LogP contribution < -0.4 is 5.32 Å². The van der Waals surface area contributed by atoms with Crippen LogP contribution in [0.15, 0.2) is 23.1 Å². The van der Waals surface area contributed by atoms with Crippen LogP contribution in [-0.4, -0.2) is 33.4 Å². The summed E-state index contributed by atoms with van der Waals surface area (Å²) in [5.41, 5.74) is 1.97. The summed E-state index contributed by atoms with van der Waals surface area (Å²) in [6, 6.07) is 5.60. The largest absolute Gasteiger partial charge is 0.382 e. The van der Waals surface area contributed by atoms with Crippen LogP contribution in [0, 0.1) is 12.8 Å². The molecular formula is C16H25NO3S. The van der Waals surface area contributed by atoms with Gasteiger partial charge in [0.05, 0.1) is 11.0 Å². The van der Waals surface area contributed by atoms with Crippen LogP contribution in [0.5, 0.6) is 0 Å². The second-order valence-electron chi connectivity index (χ2n) is 6.27. The van der Waals surface area contributed by atoms with Crippen molar-refractivity contribution >= 4 is 15.5 Å². The SMILES string of the molecule is Cc1ccc(S(C)(=O)=O)cc1NC1CCOC(C(C)C)C1. The van der Waals surface area contributed by atoms with Gasteiger partial charge in [-0.1, -0.05) is 19.9 Å². The first kappa shape index (κ1) is 16.3. The van der Waals surface area contributed by atoms with E-state index in [1.54, 1.807) is 12.1 Å². The Kier molecular flexibility index (Phi) is 4.94. The second-order valence-corrected chi connectivity index (χ2v) is 8.28. The predicted octanol–water partition coefficient (Wildman–Crippen LogP) is 3.01. The van der Waals surface area contributed by atoms with Crippen molar-refractivity contribution in [1.82, 2.24) is 0 Å². The van der Waals surface area contributed by atoms with Gasteiger partial charge in [0.1, 0.15) is 0 Å². The number of hydrogen-bond donors (Lipinski definition) is 1. The Morgan fingerprint density at radius 2 is 2.05 bits per heavy atom. The Morgan fingerprint density at radius 1 is 1.33 bits per heavy atom. The zero-order chi connectivity index (χ0) is 15.6. The Bertz CT molecular complexity index is 596. The van der Waals surface area contributed by atoms with Crippen molar-refractivity contribution in [3.8, 4) is 0 Å². The fourth-order valence-electron chi connectivity index (χ4n) is 2.63. The van der Waals surface area contributed by atoms with Gasteiger partial charge in [-0.3, -0.25) is 0 Å². The van der Waals surface area contributed by atoms with Gasteiger partial charge < -0.3 is 10.1 Å². The summed E-state index contributed by atoms with van der Waals surface area (Å²) >= 11 is 0. The van der Waals surface area contributed by atoms with Gasteiger partial charge in [-0.05, 0) is 43.4 Å². The molecule has 21 heavy (non-hydrogen) atoms. The molecule has 0 amide bonds. The lowest BCUT2D eigenvalue weighted by atomic mass is 9.95. The number of benzene rings is 1. The van der Waals surface area contributed by atoms with Crippen LogP contribution in [0.25, 0.3) is 0 Å². The summed E-state index contributed by atoms with van der Waals surface area (Å²) in [5, 5.41) is 3.50. The molecule has 1 aromatic carbocycles. The Balaban J connectivity index is 2.15. The number of hydrogen-bond acceptors (Lipinski definition) is 4. The van der Waals surface area contributed by atoms with Crippen LogP contribution in [0.3, 0.4) is 0 Å². The zero-order valence-corrected chi connectivity index (χ0v) is 14.0. The smallest absolute Gasteiger partial charge is 0.175 e. The summed E-state index contributed by atoms with van der Waals surface area (Å²) in [4.78, 5) is 0.364. The van der Waals surface area contributed by atoms with E-state index in [0.717, 1.165) is 30.7 Å². The predicted molar refractivity (Wildman–Crippen MR) is 85.5 cm³/mol. The molecule has 0 spiro atoms. The van der Waals surface area contributed by atoms with E-state index in [-0.39, 0.29) is 6.10 Å². The minimum Gasteiger partial charge on any atom is -0.382 e. The molecule has 0 aromatic heterocycles. The minimum atomic E-state index is -3.17. The normalized spacial score (nSPS) is 23.3. The quantitative estimate of drug-likeness (QED) is 0.928. The fraction of sp³-hybridized carbons (Fsp3) is 0.625. The number of sulfone groups is 1. The molecule has 0 radical (unpaired) electrons. The molecule has 118 valence electrons. The van der Waals surface area contributed by atoms with Gasteiger partial charge in [0.15, 0.2) is 9.84 Å². The first-order chi connectivity index (χ1) is 9.77. The Labute approximate surface area is 127 Å². The fourth-order valence-corrected chi connectivity index (χ4v) is 3.28. The lowest BCUT2D eigenvalue weighted by Gasteiger charge is -2.33. The molecule has 0 aliphatic carbocycles. The maximum absolute atomic E-state index is 11.7. The monoisotopic (exact) mass is 311 g/mol. The Hall–Kier alpha value is -1.07. The molecule has 1 N–H and O–H groups in total. The van der Waals surface area contributed by atoms with Gasteiger partial charge in [0.25, 0.3) is 0 Å². The molecule has 2 unspecified atom stereocenters. The highest BCUT2D eigenvalue weighted by atomic mass is 32.2. The lowest BCUT2D eigenvalue weighted by Crippen LogP contribution is -2.36. The summed E-state index contributed by atoms with van der Waals surface area (Å²) in [6.45, 7) is 7.09. The maximum Gasteiger partial charge on any atom is 0.175 e. The molecule has 1 fully saturated rings. The van der Waals surface area contributed by atoms with E-state index in [2.05, 4.69) is 19.2 Å². The van der Waals surface area contributed by atoms with Crippen LogP contribution in [-0.2, 0) is 14.6 Å². The number of nitrogens with one attached hydrogen (secondary N) is 1. The summed E-state index contributed by atoms with van der Waals surface area (Å²) in [6.07, 6.45) is 3.42. The van der Waals surface area contributed by atoms with Crippen LogP contribution in [0.1, 0.15) is 32.3 Å². The van der Waals surface area contributed by atoms with E-state index in [1.165, 1.54) is 6.26 Å². The number of anilines is 1. The van der Waals surface area contributed by atoms with Gasteiger partial charge >= 0.3 is 0 Å². The minimum absolute atomic E-state index is 0.273. The number of aryl methyl sites for hydroxylation is 1. The average molecular weight is 311 g/mol. The van der Waals surface area contributed by atoms with Crippen molar-refractivity contribution in [1.29, 1.82) is 0 Å². The topological polar surface area (TPSA) is 55.4 Å². The van der Waals surface area contributed by atoms with Crippen LogP contribution in [0.2, 0.25) is 0 Å². The maximum atomic E-state index is 11.7. The van der Waals surface area contributed by atoms with Gasteiger partial charge in [-0.15, -0.1) is 0 Å². The molecule has 2 atom stereocenters. The molecule has 1 aromatic rings. The van der Waals surface area contributed by atoms with E-state index >= 15 is 0 Å². The van der Waals surface area contributed by atoms with Crippen molar-refractivity contribution in [2.24, 2.45) is 5.92 Å². The number of rotatable bonds is 4. The van der Waals surface area contributed by atoms with Crippen LogP contribution >= 0.6 is 0 Å².